The van der Waals surface area contributed by atoms with Crippen LogP contribution in [0.5, 0.6) is 0 Å². The third-order valence-electron chi connectivity index (χ3n) is 5.10. The highest BCUT2D eigenvalue weighted by Crippen LogP contribution is 2.37. The highest BCUT2D eigenvalue weighted by molar-refractivity contribution is 5.35. The summed E-state index contributed by atoms with van der Waals surface area (Å²) in [6.45, 7) is 2.14. The number of piperidine rings is 1. The Morgan fingerprint density at radius 3 is 3.00 bits per heavy atom. The lowest BCUT2D eigenvalue weighted by atomic mass is 9.78. The van der Waals surface area contributed by atoms with Gasteiger partial charge < -0.3 is 10.6 Å². The van der Waals surface area contributed by atoms with Crippen LogP contribution in [0.1, 0.15) is 42.9 Å². The quantitative estimate of drug-likeness (QED) is 0.753. The van der Waals surface area contributed by atoms with Crippen LogP contribution in [0.15, 0.2) is 35.9 Å². The van der Waals surface area contributed by atoms with Crippen LogP contribution >= 0.6 is 0 Å². The van der Waals surface area contributed by atoms with Crippen LogP contribution in [-0.4, -0.2) is 12.6 Å². The number of benzene rings is 1. The highest BCUT2D eigenvalue weighted by Gasteiger charge is 2.34. The number of fused-ring (bicyclic) bond motifs is 2. The van der Waals surface area contributed by atoms with Gasteiger partial charge in [-0.1, -0.05) is 35.9 Å². The number of rotatable bonds is 1. The van der Waals surface area contributed by atoms with Crippen molar-refractivity contribution in [2.45, 2.75) is 44.3 Å². The molecular formula is C17H22N2. The van der Waals surface area contributed by atoms with E-state index in [4.69, 9.17) is 0 Å². The van der Waals surface area contributed by atoms with Crippen LogP contribution in [0.2, 0.25) is 0 Å². The topological polar surface area (TPSA) is 24.1 Å². The molecule has 1 aliphatic carbocycles. The van der Waals surface area contributed by atoms with Gasteiger partial charge in [0.15, 0.2) is 0 Å². The van der Waals surface area contributed by atoms with E-state index in [9.17, 15) is 0 Å². The highest BCUT2D eigenvalue weighted by atomic mass is 15.0. The third-order valence-corrected chi connectivity index (χ3v) is 5.10. The second kappa shape index (κ2) is 4.77. The van der Waals surface area contributed by atoms with Crippen molar-refractivity contribution in [3.63, 3.8) is 0 Å². The Morgan fingerprint density at radius 1 is 1.05 bits per heavy atom. The Balaban J connectivity index is 1.55. The maximum Gasteiger partial charge on any atom is 0.0482 e. The second-order valence-electron chi connectivity index (χ2n) is 6.19. The summed E-state index contributed by atoms with van der Waals surface area (Å²) in [5.41, 5.74) is 4.68. The maximum absolute atomic E-state index is 3.77. The smallest absolute Gasteiger partial charge is 0.0482 e. The molecular weight excluding hydrogens is 232 g/mol. The Labute approximate surface area is 115 Å². The van der Waals surface area contributed by atoms with Crippen molar-refractivity contribution >= 4 is 0 Å². The Kier molecular flexibility index (Phi) is 2.93. The molecule has 3 atom stereocenters. The van der Waals surface area contributed by atoms with Crippen LogP contribution < -0.4 is 10.6 Å². The summed E-state index contributed by atoms with van der Waals surface area (Å²) < 4.78 is 0. The van der Waals surface area contributed by atoms with Crippen LogP contribution in [0.3, 0.4) is 0 Å². The van der Waals surface area contributed by atoms with Crippen LogP contribution in [0.4, 0.5) is 0 Å². The van der Waals surface area contributed by atoms with E-state index in [1.807, 2.05) is 0 Å². The van der Waals surface area contributed by atoms with Crippen molar-refractivity contribution in [1.82, 2.24) is 10.6 Å². The Bertz CT molecular complexity index is 506. The molecule has 2 heterocycles. The first kappa shape index (κ1) is 11.7. The predicted octanol–water partition coefficient (Wildman–Crippen LogP) is 2.92. The van der Waals surface area contributed by atoms with Gasteiger partial charge in [0, 0.05) is 25.2 Å². The van der Waals surface area contributed by atoms with E-state index in [-0.39, 0.29) is 0 Å². The summed E-state index contributed by atoms with van der Waals surface area (Å²) in [5.74, 6) is 0.842. The first-order chi connectivity index (χ1) is 9.42. The molecule has 2 aliphatic heterocycles. The number of nitrogens with one attached hydrogen (secondary N) is 2. The molecule has 3 aliphatic rings. The zero-order chi connectivity index (χ0) is 12.7. The fraction of sp³-hybridized carbons (Fsp3) is 0.529. The molecule has 1 fully saturated rings. The fourth-order valence-corrected chi connectivity index (χ4v) is 4.07. The number of allylic oxidation sites excluding steroid dienone is 1. The molecule has 100 valence electrons. The van der Waals surface area contributed by atoms with E-state index in [0.29, 0.717) is 12.1 Å². The summed E-state index contributed by atoms with van der Waals surface area (Å²) >= 11 is 0. The van der Waals surface area contributed by atoms with Gasteiger partial charge in [-0.05, 0) is 42.7 Å². The Morgan fingerprint density at radius 2 is 2.00 bits per heavy atom. The molecule has 0 radical (unpaired) electrons. The molecule has 3 unspecified atom stereocenters. The molecule has 2 N–H and O–H groups in total. The summed E-state index contributed by atoms with van der Waals surface area (Å²) in [6.07, 6.45) is 7.86. The summed E-state index contributed by atoms with van der Waals surface area (Å²) in [5, 5.41) is 7.48. The fourth-order valence-electron chi connectivity index (χ4n) is 4.07. The summed E-state index contributed by atoms with van der Waals surface area (Å²) in [6, 6.07) is 10.0. The van der Waals surface area contributed by atoms with Crippen molar-refractivity contribution in [2.24, 2.45) is 5.92 Å². The van der Waals surface area contributed by atoms with Gasteiger partial charge in [-0.2, -0.15) is 0 Å². The molecule has 2 nitrogen and oxygen atoms in total. The third kappa shape index (κ3) is 2.03. The normalized spacial score (nSPS) is 33.5. The van der Waals surface area contributed by atoms with E-state index in [2.05, 4.69) is 41.0 Å². The van der Waals surface area contributed by atoms with E-state index >= 15 is 0 Å². The average molecular weight is 254 g/mol. The molecule has 1 saturated heterocycles. The standard InChI is InChI=1S/C17H22N2/c1-2-6-13-10-18-16(9-12(13)5-1)17-15-8-4-3-7-14(15)11-19-17/h3-4,6-8,12,16-19H,1-2,5,9-11H2. The molecule has 0 bridgehead atoms. The largest absolute Gasteiger partial charge is 0.308 e. The summed E-state index contributed by atoms with van der Waals surface area (Å²) in [4.78, 5) is 0. The minimum Gasteiger partial charge on any atom is -0.308 e. The second-order valence-corrected chi connectivity index (χ2v) is 6.19. The van der Waals surface area contributed by atoms with E-state index < -0.39 is 0 Å². The maximum atomic E-state index is 3.77. The zero-order valence-corrected chi connectivity index (χ0v) is 11.4. The van der Waals surface area contributed by atoms with Crippen molar-refractivity contribution in [2.75, 3.05) is 6.54 Å². The van der Waals surface area contributed by atoms with Crippen LogP contribution in [-0.2, 0) is 6.54 Å². The number of hydrogen-bond donors (Lipinski definition) is 2. The van der Waals surface area contributed by atoms with Gasteiger partial charge >= 0.3 is 0 Å². The van der Waals surface area contributed by atoms with Crippen LogP contribution in [0.25, 0.3) is 0 Å². The first-order valence-electron chi connectivity index (χ1n) is 7.65. The number of hydrogen-bond acceptors (Lipinski definition) is 2. The predicted molar refractivity (Wildman–Crippen MR) is 77.9 cm³/mol. The Hall–Kier alpha value is -1.12. The van der Waals surface area contributed by atoms with E-state index in [0.717, 1.165) is 19.0 Å². The molecule has 1 aromatic rings. The molecule has 19 heavy (non-hydrogen) atoms. The minimum absolute atomic E-state index is 0.514. The molecule has 0 saturated carbocycles. The first-order valence-corrected chi connectivity index (χ1v) is 7.65. The molecule has 1 aromatic carbocycles. The molecule has 0 spiro atoms. The van der Waals surface area contributed by atoms with Gasteiger partial charge in [0.1, 0.15) is 0 Å². The van der Waals surface area contributed by atoms with Crippen molar-refractivity contribution in [3.05, 3.63) is 47.0 Å². The van der Waals surface area contributed by atoms with Crippen LogP contribution in [0, 0.1) is 5.92 Å². The molecule has 4 rings (SSSR count). The van der Waals surface area contributed by atoms with Crippen molar-refractivity contribution in [1.29, 1.82) is 0 Å². The lowest BCUT2D eigenvalue weighted by molar-refractivity contribution is 0.289. The van der Waals surface area contributed by atoms with Crippen molar-refractivity contribution < 1.29 is 0 Å². The monoisotopic (exact) mass is 254 g/mol. The lowest BCUT2D eigenvalue weighted by Crippen LogP contribution is -2.46. The molecule has 0 amide bonds. The van der Waals surface area contributed by atoms with Gasteiger partial charge in [-0.25, -0.2) is 0 Å². The summed E-state index contributed by atoms with van der Waals surface area (Å²) in [7, 11) is 0. The van der Waals surface area contributed by atoms with Gasteiger partial charge in [0.25, 0.3) is 0 Å². The van der Waals surface area contributed by atoms with Gasteiger partial charge in [-0.15, -0.1) is 0 Å². The van der Waals surface area contributed by atoms with Crippen molar-refractivity contribution in [3.8, 4) is 0 Å². The molecule has 0 aromatic heterocycles. The van der Waals surface area contributed by atoms with Gasteiger partial charge in [0.2, 0.25) is 0 Å². The van der Waals surface area contributed by atoms with Gasteiger partial charge in [0.05, 0.1) is 0 Å². The molecule has 2 heteroatoms. The zero-order valence-electron chi connectivity index (χ0n) is 11.4. The van der Waals surface area contributed by atoms with E-state index in [1.54, 1.807) is 5.57 Å². The minimum atomic E-state index is 0.514. The van der Waals surface area contributed by atoms with Gasteiger partial charge in [-0.3, -0.25) is 0 Å². The SMILES string of the molecule is C1=C2CNC(C3NCc4ccccc43)CC2CCC1. The van der Waals surface area contributed by atoms with E-state index in [1.165, 1.54) is 36.8 Å². The average Bonchev–Trinajstić information content (AvgIpc) is 2.91. The lowest BCUT2D eigenvalue weighted by Gasteiger charge is -2.38.